The first kappa shape index (κ1) is 34.7. The van der Waals surface area contributed by atoms with E-state index in [4.69, 9.17) is 5.73 Å². The fourth-order valence-electron chi connectivity index (χ4n) is 11.0. The van der Waals surface area contributed by atoms with Gasteiger partial charge in [-0.3, -0.25) is 0 Å². The predicted octanol–water partition coefficient (Wildman–Crippen LogP) is 6.74. The summed E-state index contributed by atoms with van der Waals surface area (Å²) in [6.07, 6.45) is 19.4. The molecule has 0 heterocycles. The summed E-state index contributed by atoms with van der Waals surface area (Å²) in [5, 5.41) is 22.1. The van der Waals surface area contributed by atoms with E-state index in [-0.39, 0.29) is 6.10 Å². The normalized spacial score (nSPS) is 38.7. The molecule has 42 heavy (non-hydrogen) atoms. The van der Waals surface area contributed by atoms with Gasteiger partial charge in [0.1, 0.15) is 0 Å². The molecule has 0 radical (unpaired) electrons. The van der Waals surface area contributed by atoms with Crippen molar-refractivity contribution in [3.63, 3.8) is 0 Å². The van der Waals surface area contributed by atoms with Crippen LogP contribution in [-0.2, 0) is 0 Å². The molecule has 6 N–H and O–H groups in total. The first-order chi connectivity index (χ1) is 20.2. The highest BCUT2D eigenvalue weighted by Crippen LogP contribution is 2.68. The molecule has 4 rings (SSSR count). The summed E-state index contributed by atoms with van der Waals surface area (Å²) in [6, 6.07) is 0.579. The number of aliphatic hydroxyl groups excluding tert-OH is 1. The number of nitrogens with two attached hydrogens (primary N) is 1. The fourth-order valence-corrected chi connectivity index (χ4v) is 11.0. The lowest BCUT2D eigenvalue weighted by Gasteiger charge is -2.63. The van der Waals surface area contributed by atoms with Crippen LogP contribution < -0.4 is 21.7 Å². The Bertz CT molecular complexity index is 777. The second-order valence-electron chi connectivity index (χ2n) is 16.4. The minimum Gasteiger partial charge on any atom is -0.393 e. The van der Waals surface area contributed by atoms with Crippen molar-refractivity contribution < 1.29 is 5.11 Å². The minimum atomic E-state index is -0.0909. The second kappa shape index (κ2) is 16.4. The Morgan fingerprint density at radius 2 is 1.38 bits per heavy atom. The van der Waals surface area contributed by atoms with Crippen LogP contribution in [0.15, 0.2) is 0 Å². The molecule has 4 aliphatic carbocycles. The Morgan fingerprint density at radius 3 is 2.10 bits per heavy atom. The molecule has 0 aromatic carbocycles. The van der Waals surface area contributed by atoms with Crippen LogP contribution in [0.25, 0.3) is 0 Å². The predicted molar refractivity (Wildman–Crippen MR) is 180 cm³/mol. The summed E-state index contributed by atoms with van der Waals surface area (Å²) < 4.78 is 0. The van der Waals surface area contributed by atoms with Gasteiger partial charge in [-0.25, -0.2) is 0 Å². The third-order valence-electron chi connectivity index (χ3n) is 13.3. The van der Waals surface area contributed by atoms with Crippen molar-refractivity contribution in [2.45, 2.75) is 143 Å². The molecular formula is C37H72N4O. The summed E-state index contributed by atoms with van der Waals surface area (Å²) >= 11 is 0. The first-order valence-electron chi connectivity index (χ1n) is 18.7. The van der Waals surface area contributed by atoms with Gasteiger partial charge in [0.05, 0.1) is 6.10 Å². The molecule has 0 saturated heterocycles. The van der Waals surface area contributed by atoms with Crippen LogP contribution in [0, 0.1) is 52.3 Å². The summed E-state index contributed by atoms with van der Waals surface area (Å²) in [7, 11) is 0. The van der Waals surface area contributed by atoms with Crippen molar-refractivity contribution in [2.24, 2.45) is 58.0 Å². The Labute approximate surface area is 261 Å². The molecular weight excluding hydrogens is 516 g/mol. The van der Waals surface area contributed by atoms with Gasteiger partial charge in [0, 0.05) is 6.04 Å². The highest BCUT2D eigenvalue weighted by molar-refractivity contribution is 5.12. The highest BCUT2D eigenvalue weighted by atomic mass is 16.3. The fraction of sp³-hybridized carbons (Fsp3) is 1.00. The monoisotopic (exact) mass is 589 g/mol. The zero-order valence-electron chi connectivity index (χ0n) is 28.6. The topological polar surface area (TPSA) is 82.3 Å². The average molecular weight is 589 g/mol. The van der Waals surface area contributed by atoms with Crippen LogP contribution in [0.4, 0.5) is 0 Å². The quantitative estimate of drug-likeness (QED) is 0.115. The SMILES string of the molecule is CC(C)CCC[C@@H](C)[C@H]1CCC2C3C[C@@H](NCCCNCCCCNCCCN)C4C[C@@H](O)CC[C@]4(C)C3CC[C@@]21C. The molecule has 4 saturated carbocycles. The molecule has 4 fully saturated rings. The maximum absolute atomic E-state index is 10.8. The maximum atomic E-state index is 10.8. The highest BCUT2D eigenvalue weighted by Gasteiger charge is 2.62. The van der Waals surface area contributed by atoms with E-state index in [2.05, 4.69) is 50.6 Å². The standard InChI is InChI=1S/C37H72N4O/c1-27(2)11-8-12-28(3)31-13-14-32-30-26-35(41-24-10-23-40-21-7-6-20-39-22-9-19-38)34-25-29(42)15-17-37(34,5)33(30)16-18-36(31,32)4/h27-35,39-42H,6-26,38H2,1-5H3/t28-,29+,30?,31-,32?,33?,34?,35-,36-,37-/m1/s1. The number of rotatable bonds is 18. The number of fused-ring (bicyclic) bond motifs is 5. The molecule has 0 aromatic rings. The lowest BCUT2D eigenvalue weighted by molar-refractivity contribution is -0.141. The Hall–Kier alpha value is -0.200. The summed E-state index contributed by atoms with van der Waals surface area (Å²) in [5.74, 6) is 5.93. The van der Waals surface area contributed by atoms with Gasteiger partial charge in [-0.15, -0.1) is 0 Å². The molecule has 0 aromatic heterocycles. The number of aliphatic hydroxyl groups is 1. The molecule has 0 aliphatic heterocycles. The molecule has 0 amide bonds. The van der Waals surface area contributed by atoms with E-state index in [1.807, 2.05) is 0 Å². The van der Waals surface area contributed by atoms with Crippen molar-refractivity contribution in [1.29, 1.82) is 0 Å². The van der Waals surface area contributed by atoms with Crippen LogP contribution in [0.3, 0.4) is 0 Å². The third kappa shape index (κ3) is 8.33. The van der Waals surface area contributed by atoms with E-state index < -0.39 is 0 Å². The molecule has 0 bridgehead atoms. The molecule has 0 spiro atoms. The molecule has 4 aliphatic rings. The zero-order valence-corrected chi connectivity index (χ0v) is 28.6. The van der Waals surface area contributed by atoms with Crippen LogP contribution in [0.2, 0.25) is 0 Å². The Balaban J connectivity index is 1.30. The Kier molecular flexibility index (Phi) is 13.5. The van der Waals surface area contributed by atoms with E-state index in [0.29, 0.717) is 22.8 Å². The number of hydrogen-bond acceptors (Lipinski definition) is 5. The van der Waals surface area contributed by atoms with E-state index >= 15 is 0 Å². The summed E-state index contributed by atoms with van der Waals surface area (Å²) in [6.45, 7) is 19.0. The van der Waals surface area contributed by atoms with E-state index in [1.165, 1.54) is 77.0 Å². The van der Waals surface area contributed by atoms with Crippen LogP contribution in [0.5, 0.6) is 0 Å². The number of unbranched alkanes of at least 4 members (excludes halogenated alkanes) is 1. The van der Waals surface area contributed by atoms with Crippen molar-refractivity contribution >= 4 is 0 Å². The largest absolute Gasteiger partial charge is 0.393 e. The second-order valence-corrected chi connectivity index (χ2v) is 16.4. The third-order valence-corrected chi connectivity index (χ3v) is 13.3. The molecule has 10 atom stereocenters. The average Bonchev–Trinajstić information content (AvgIpc) is 3.31. The smallest absolute Gasteiger partial charge is 0.0543 e. The molecule has 5 heteroatoms. The van der Waals surface area contributed by atoms with Gasteiger partial charge in [0.2, 0.25) is 0 Å². The van der Waals surface area contributed by atoms with E-state index in [9.17, 15) is 5.11 Å². The zero-order chi connectivity index (χ0) is 30.2. The lowest BCUT2D eigenvalue weighted by atomic mass is 9.43. The maximum Gasteiger partial charge on any atom is 0.0543 e. The van der Waals surface area contributed by atoms with Crippen molar-refractivity contribution in [1.82, 2.24) is 16.0 Å². The molecule has 4 unspecified atom stereocenters. The van der Waals surface area contributed by atoms with Gasteiger partial charge in [0.25, 0.3) is 0 Å². The van der Waals surface area contributed by atoms with Crippen molar-refractivity contribution in [2.75, 3.05) is 39.3 Å². The van der Waals surface area contributed by atoms with Gasteiger partial charge in [-0.2, -0.15) is 0 Å². The first-order valence-corrected chi connectivity index (χ1v) is 18.7. The van der Waals surface area contributed by atoms with E-state index in [1.54, 1.807) is 0 Å². The van der Waals surface area contributed by atoms with Gasteiger partial charge >= 0.3 is 0 Å². The number of nitrogens with one attached hydrogen (secondary N) is 3. The van der Waals surface area contributed by atoms with E-state index in [0.717, 1.165) is 94.0 Å². The molecule has 5 nitrogen and oxygen atoms in total. The lowest BCUT2D eigenvalue weighted by Crippen LogP contribution is -2.61. The van der Waals surface area contributed by atoms with Crippen molar-refractivity contribution in [3.8, 4) is 0 Å². The van der Waals surface area contributed by atoms with Gasteiger partial charge in [-0.1, -0.05) is 53.9 Å². The molecule has 246 valence electrons. The summed E-state index contributed by atoms with van der Waals surface area (Å²) in [5.41, 5.74) is 6.51. The number of hydrogen-bond donors (Lipinski definition) is 5. The van der Waals surface area contributed by atoms with Crippen LogP contribution >= 0.6 is 0 Å². The van der Waals surface area contributed by atoms with Gasteiger partial charge in [-0.05, 0) is 169 Å². The van der Waals surface area contributed by atoms with Gasteiger partial charge < -0.3 is 26.8 Å². The minimum absolute atomic E-state index is 0.0909. The van der Waals surface area contributed by atoms with Gasteiger partial charge in [0.15, 0.2) is 0 Å². The summed E-state index contributed by atoms with van der Waals surface area (Å²) in [4.78, 5) is 0. The van der Waals surface area contributed by atoms with Crippen LogP contribution in [-0.4, -0.2) is 56.5 Å². The van der Waals surface area contributed by atoms with Crippen molar-refractivity contribution in [3.05, 3.63) is 0 Å². The Morgan fingerprint density at radius 1 is 0.714 bits per heavy atom. The van der Waals surface area contributed by atoms with Crippen LogP contribution in [0.1, 0.15) is 131 Å².